The van der Waals surface area contributed by atoms with E-state index in [9.17, 15) is 36.3 Å². The molecule has 0 spiro atoms. The SMILES string of the molecule is NC(=O)C1(c2ccc(Cl)c(C(=O)Nc3ccc(F)c(NC(=O)C(F)F)c3F)c2)C(c2ccc(F)cc2)C1(Cl)Cl. The van der Waals surface area contributed by atoms with Crippen molar-refractivity contribution < 1.29 is 36.3 Å². The van der Waals surface area contributed by atoms with Crippen molar-refractivity contribution in [2.45, 2.75) is 22.1 Å². The summed E-state index contributed by atoms with van der Waals surface area (Å²) in [6, 6.07) is 10.2. The topological polar surface area (TPSA) is 101 Å². The predicted octanol–water partition coefficient (Wildman–Crippen LogP) is 5.91. The van der Waals surface area contributed by atoms with Crippen LogP contribution in [-0.2, 0) is 15.0 Å². The highest BCUT2D eigenvalue weighted by atomic mass is 35.5. The molecule has 2 unspecified atom stereocenters. The molecule has 2 atom stereocenters. The molecule has 6 nitrogen and oxygen atoms in total. The fourth-order valence-electron chi connectivity index (χ4n) is 4.40. The fourth-order valence-corrected chi connectivity index (χ4v) is 5.70. The number of benzene rings is 3. The van der Waals surface area contributed by atoms with Crippen molar-refractivity contribution in [2.24, 2.45) is 5.73 Å². The molecule has 0 aliphatic heterocycles. The monoisotopic (exact) mass is 605 g/mol. The molecule has 3 aromatic rings. The van der Waals surface area contributed by atoms with Gasteiger partial charge in [-0.05, 0) is 47.5 Å². The minimum absolute atomic E-state index is 0.0633. The van der Waals surface area contributed by atoms with Crippen LogP contribution in [0.25, 0.3) is 0 Å². The zero-order valence-electron chi connectivity index (χ0n) is 19.2. The third-order valence-corrected chi connectivity index (χ3v) is 7.64. The van der Waals surface area contributed by atoms with Crippen molar-refractivity contribution in [2.75, 3.05) is 10.6 Å². The summed E-state index contributed by atoms with van der Waals surface area (Å²) in [6.45, 7) is 0. The van der Waals surface area contributed by atoms with Gasteiger partial charge in [0.1, 0.15) is 27.1 Å². The quantitative estimate of drug-likeness (QED) is 0.230. The Labute approximate surface area is 232 Å². The first-order chi connectivity index (χ1) is 18.2. The van der Waals surface area contributed by atoms with Crippen LogP contribution in [0.5, 0.6) is 0 Å². The zero-order valence-corrected chi connectivity index (χ0v) is 21.4. The number of halogens is 8. The number of nitrogens with one attached hydrogen (secondary N) is 2. The Morgan fingerprint density at radius 1 is 0.923 bits per heavy atom. The molecular formula is C25H15Cl3F5N3O3. The molecule has 0 saturated heterocycles. The second kappa shape index (κ2) is 10.3. The minimum atomic E-state index is -3.56. The van der Waals surface area contributed by atoms with Crippen molar-refractivity contribution in [3.8, 4) is 0 Å². The van der Waals surface area contributed by atoms with E-state index >= 15 is 0 Å². The normalized spacial score (nSPS) is 19.5. The number of hydrogen-bond acceptors (Lipinski definition) is 3. The van der Waals surface area contributed by atoms with Crippen LogP contribution in [0, 0.1) is 17.5 Å². The van der Waals surface area contributed by atoms with Crippen LogP contribution in [-0.4, -0.2) is 28.5 Å². The number of rotatable bonds is 7. The van der Waals surface area contributed by atoms with Gasteiger partial charge in [-0.15, -0.1) is 0 Å². The number of hydrogen-bond donors (Lipinski definition) is 3. The second-order valence-electron chi connectivity index (χ2n) is 8.50. The number of amides is 3. The maximum Gasteiger partial charge on any atom is 0.315 e. The lowest BCUT2D eigenvalue weighted by molar-refractivity contribution is -0.126. The lowest BCUT2D eigenvalue weighted by Gasteiger charge is -2.18. The molecule has 4 N–H and O–H groups in total. The van der Waals surface area contributed by atoms with Gasteiger partial charge in [0.15, 0.2) is 5.82 Å². The van der Waals surface area contributed by atoms with Crippen molar-refractivity contribution in [3.05, 3.63) is 93.8 Å². The second-order valence-corrected chi connectivity index (χ2v) is 10.3. The van der Waals surface area contributed by atoms with E-state index in [1.54, 1.807) is 0 Å². The number of carbonyl (C=O) groups excluding carboxylic acids is 3. The first-order valence-electron chi connectivity index (χ1n) is 10.8. The molecule has 39 heavy (non-hydrogen) atoms. The smallest absolute Gasteiger partial charge is 0.315 e. The molecule has 1 aliphatic rings. The molecule has 14 heteroatoms. The first kappa shape index (κ1) is 28.6. The van der Waals surface area contributed by atoms with E-state index in [1.807, 2.05) is 0 Å². The molecule has 1 fully saturated rings. The third kappa shape index (κ3) is 4.79. The van der Waals surface area contributed by atoms with E-state index in [4.69, 9.17) is 40.5 Å². The molecule has 4 rings (SSSR count). The summed E-state index contributed by atoms with van der Waals surface area (Å²) >= 11 is 19.2. The van der Waals surface area contributed by atoms with Gasteiger partial charge in [-0.1, -0.05) is 53.0 Å². The highest BCUT2D eigenvalue weighted by molar-refractivity contribution is 6.55. The van der Waals surface area contributed by atoms with E-state index in [-0.39, 0.29) is 16.1 Å². The highest BCUT2D eigenvalue weighted by Crippen LogP contribution is 2.74. The molecule has 1 aliphatic carbocycles. The molecule has 204 valence electrons. The van der Waals surface area contributed by atoms with E-state index in [1.165, 1.54) is 29.6 Å². The van der Waals surface area contributed by atoms with Crippen LogP contribution >= 0.6 is 34.8 Å². The van der Waals surface area contributed by atoms with Gasteiger partial charge in [0.05, 0.1) is 16.3 Å². The molecule has 0 bridgehead atoms. The van der Waals surface area contributed by atoms with Gasteiger partial charge in [0, 0.05) is 5.92 Å². The average molecular weight is 607 g/mol. The Kier molecular flexibility index (Phi) is 7.54. The van der Waals surface area contributed by atoms with E-state index in [0.717, 1.165) is 24.3 Å². The predicted molar refractivity (Wildman–Crippen MR) is 135 cm³/mol. The van der Waals surface area contributed by atoms with Gasteiger partial charge in [-0.3, -0.25) is 14.4 Å². The Morgan fingerprint density at radius 2 is 1.56 bits per heavy atom. The van der Waals surface area contributed by atoms with Gasteiger partial charge < -0.3 is 16.4 Å². The number of nitrogens with two attached hydrogens (primary N) is 1. The summed E-state index contributed by atoms with van der Waals surface area (Å²) in [5, 5.41) is 3.34. The summed E-state index contributed by atoms with van der Waals surface area (Å²) in [6.07, 6.45) is -3.56. The van der Waals surface area contributed by atoms with Crippen LogP contribution in [0.2, 0.25) is 5.02 Å². The molecule has 1 saturated carbocycles. The minimum Gasteiger partial charge on any atom is -0.369 e. The Balaban J connectivity index is 1.71. The summed E-state index contributed by atoms with van der Waals surface area (Å²) in [5.41, 5.74) is 2.17. The molecule has 0 aromatic heterocycles. The average Bonchev–Trinajstić information content (AvgIpc) is 3.40. The number of primary amides is 1. The maximum atomic E-state index is 14.8. The largest absolute Gasteiger partial charge is 0.369 e. The van der Waals surface area contributed by atoms with Crippen LogP contribution in [0.3, 0.4) is 0 Å². The molecule has 3 aromatic carbocycles. The molecule has 0 radical (unpaired) electrons. The van der Waals surface area contributed by atoms with Gasteiger partial charge >= 0.3 is 6.43 Å². The van der Waals surface area contributed by atoms with Crippen molar-refractivity contribution in [1.82, 2.24) is 0 Å². The van der Waals surface area contributed by atoms with E-state index in [2.05, 4.69) is 5.32 Å². The van der Waals surface area contributed by atoms with Gasteiger partial charge in [0.2, 0.25) is 5.91 Å². The maximum absolute atomic E-state index is 14.8. The van der Waals surface area contributed by atoms with E-state index in [0.29, 0.717) is 11.6 Å². The van der Waals surface area contributed by atoms with Crippen molar-refractivity contribution in [1.29, 1.82) is 0 Å². The summed E-state index contributed by atoms with van der Waals surface area (Å²) < 4.78 is 65.6. The van der Waals surface area contributed by atoms with Crippen LogP contribution in [0.1, 0.15) is 27.4 Å². The fraction of sp³-hybridized carbons (Fsp3) is 0.160. The summed E-state index contributed by atoms with van der Waals surface area (Å²) in [7, 11) is 0. The highest BCUT2D eigenvalue weighted by Gasteiger charge is 2.80. The number of carbonyl (C=O) groups is 3. The van der Waals surface area contributed by atoms with Gasteiger partial charge in [-0.2, -0.15) is 8.78 Å². The Bertz CT molecular complexity index is 1500. The molecule has 3 amide bonds. The Hall–Kier alpha value is -3.41. The number of alkyl halides is 4. The lowest BCUT2D eigenvalue weighted by Crippen LogP contribution is -2.34. The van der Waals surface area contributed by atoms with Crippen LogP contribution < -0.4 is 16.4 Å². The summed E-state index contributed by atoms with van der Waals surface area (Å²) in [5.74, 6) is -8.39. The Morgan fingerprint density at radius 3 is 2.15 bits per heavy atom. The molecular weight excluding hydrogens is 592 g/mol. The van der Waals surface area contributed by atoms with Crippen LogP contribution in [0.15, 0.2) is 54.6 Å². The van der Waals surface area contributed by atoms with Crippen LogP contribution in [0.4, 0.5) is 33.3 Å². The van der Waals surface area contributed by atoms with Crippen molar-refractivity contribution in [3.63, 3.8) is 0 Å². The zero-order chi connectivity index (χ0) is 28.9. The summed E-state index contributed by atoms with van der Waals surface area (Å²) in [4.78, 5) is 37.0. The van der Waals surface area contributed by atoms with Gasteiger partial charge in [0.25, 0.3) is 11.8 Å². The number of anilines is 2. The standard InChI is InChI=1S/C25H15Cl3F5N3O3/c26-14-6-3-11(24(23(34)39)19(25(24,27)28)10-1-4-12(29)5-2-10)9-13(14)21(37)35-16-8-7-15(30)18(17(16)31)36-22(38)20(32)33/h1-9,19-20H,(H2,34,39)(H,35,37)(H,36,38). The van der Waals surface area contributed by atoms with E-state index < -0.39 is 68.6 Å². The molecule has 0 heterocycles. The first-order valence-corrected chi connectivity index (χ1v) is 12.0. The van der Waals surface area contributed by atoms with Gasteiger partial charge in [-0.25, -0.2) is 13.2 Å². The lowest BCUT2D eigenvalue weighted by atomic mass is 9.88. The third-order valence-electron chi connectivity index (χ3n) is 6.28. The van der Waals surface area contributed by atoms with Crippen molar-refractivity contribution >= 4 is 63.9 Å².